The van der Waals surface area contributed by atoms with Crippen LogP contribution in [0.1, 0.15) is 21.5 Å². The molecule has 1 N–H and O–H groups in total. The van der Waals surface area contributed by atoms with E-state index >= 15 is 0 Å². The SMILES string of the molecule is Cc1cccc(C(=O)Nc2nn(Cc3ccc(Cl)cc3)cc2Cl)c1. The van der Waals surface area contributed by atoms with Gasteiger partial charge in [-0.1, -0.05) is 53.0 Å². The van der Waals surface area contributed by atoms with Gasteiger partial charge in [0.2, 0.25) is 0 Å². The van der Waals surface area contributed by atoms with E-state index in [1.54, 1.807) is 16.9 Å². The second-order valence-electron chi connectivity index (χ2n) is 5.47. The average Bonchev–Trinajstić information content (AvgIpc) is 2.89. The van der Waals surface area contributed by atoms with Gasteiger partial charge in [0.1, 0.15) is 5.02 Å². The molecular weight excluding hydrogens is 345 g/mol. The average molecular weight is 360 g/mol. The number of carbonyl (C=O) groups excluding carboxylic acids is 1. The quantitative estimate of drug-likeness (QED) is 0.727. The summed E-state index contributed by atoms with van der Waals surface area (Å²) in [6, 6.07) is 14.8. The van der Waals surface area contributed by atoms with Crippen LogP contribution < -0.4 is 5.32 Å². The van der Waals surface area contributed by atoms with E-state index in [-0.39, 0.29) is 5.91 Å². The zero-order valence-corrected chi connectivity index (χ0v) is 14.5. The summed E-state index contributed by atoms with van der Waals surface area (Å²) >= 11 is 12.1. The largest absolute Gasteiger partial charge is 0.304 e. The molecule has 24 heavy (non-hydrogen) atoms. The predicted octanol–water partition coefficient (Wildman–Crippen LogP) is 4.80. The van der Waals surface area contributed by atoms with Crippen molar-refractivity contribution < 1.29 is 4.79 Å². The molecule has 0 bridgehead atoms. The molecule has 6 heteroatoms. The lowest BCUT2D eigenvalue weighted by atomic mass is 10.1. The molecule has 0 saturated carbocycles. The Kier molecular flexibility index (Phi) is 4.88. The summed E-state index contributed by atoms with van der Waals surface area (Å²) < 4.78 is 1.68. The predicted molar refractivity (Wildman–Crippen MR) is 96.9 cm³/mol. The number of hydrogen-bond donors (Lipinski definition) is 1. The number of aromatic nitrogens is 2. The highest BCUT2D eigenvalue weighted by molar-refractivity contribution is 6.33. The molecule has 0 aliphatic heterocycles. The van der Waals surface area contributed by atoms with Gasteiger partial charge in [0.05, 0.1) is 6.54 Å². The summed E-state index contributed by atoms with van der Waals surface area (Å²) in [5.41, 5.74) is 2.62. The summed E-state index contributed by atoms with van der Waals surface area (Å²) in [7, 11) is 0. The minimum Gasteiger partial charge on any atom is -0.304 e. The van der Waals surface area contributed by atoms with Crippen molar-refractivity contribution in [3.05, 3.63) is 81.5 Å². The monoisotopic (exact) mass is 359 g/mol. The maximum atomic E-state index is 12.3. The maximum absolute atomic E-state index is 12.3. The van der Waals surface area contributed by atoms with Crippen LogP contribution in [0, 0.1) is 6.92 Å². The van der Waals surface area contributed by atoms with Crippen LogP contribution in [0.5, 0.6) is 0 Å². The molecule has 1 aromatic heterocycles. The van der Waals surface area contributed by atoms with Crippen molar-refractivity contribution in [2.45, 2.75) is 13.5 Å². The molecule has 1 amide bonds. The van der Waals surface area contributed by atoms with E-state index in [0.29, 0.717) is 28.0 Å². The van der Waals surface area contributed by atoms with Crippen molar-refractivity contribution in [3.63, 3.8) is 0 Å². The molecule has 0 spiro atoms. The summed E-state index contributed by atoms with van der Waals surface area (Å²) in [6.45, 7) is 2.47. The number of nitrogens with one attached hydrogen (secondary N) is 1. The molecule has 0 unspecified atom stereocenters. The van der Waals surface area contributed by atoms with Gasteiger partial charge < -0.3 is 5.32 Å². The molecule has 4 nitrogen and oxygen atoms in total. The zero-order chi connectivity index (χ0) is 17.1. The lowest BCUT2D eigenvalue weighted by Gasteiger charge is -2.04. The number of benzene rings is 2. The molecule has 3 rings (SSSR count). The molecule has 0 radical (unpaired) electrons. The maximum Gasteiger partial charge on any atom is 0.256 e. The van der Waals surface area contributed by atoms with Crippen LogP contribution in [-0.4, -0.2) is 15.7 Å². The van der Waals surface area contributed by atoms with E-state index in [2.05, 4.69) is 10.4 Å². The van der Waals surface area contributed by atoms with Gasteiger partial charge in [-0.25, -0.2) is 0 Å². The van der Waals surface area contributed by atoms with E-state index < -0.39 is 0 Å². The minimum atomic E-state index is -0.239. The molecule has 2 aromatic carbocycles. The van der Waals surface area contributed by atoms with Crippen LogP contribution >= 0.6 is 23.2 Å². The van der Waals surface area contributed by atoms with Crippen LogP contribution in [0.25, 0.3) is 0 Å². The normalized spacial score (nSPS) is 10.6. The van der Waals surface area contributed by atoms with E-state index in [9.17, 15) is 4.79 Å². The van der Waals surface area contributed by atoms with Gasteiger partial charge in [-0.2, -0.15) is 5.10 Å². The highest BCUT2D eigenvalue weighted by Gasteiger charge is 2.12. The Morgan fingerprint density at radius 3 is 2.62 bits per heavy atom. The number of hydrogen-bond acceptors (Lipinski definition) is 2. The molecule has 1 heterocycles. The second kappa shape index (κ2) is 7.07. The van der Waals surface area contributed by atoms with Gasteiger partial charge >= 0.3 is 0 Å². The first-order valence-corrected chi connectivity index (χ1v) is 8.12. The first-order valence-electron chi connectivity index (χ1n) is 7.37. The second-order valence-corrected chi connectivity index (χ2v) is 6.32. The molecule has 0 fully saturated rings. The standard InChI is InChI=1S/C18H15Cl2N3O/c1-12-3-2-4-14(9-12)18(24)21-17-16(20)11-23(22-17)10-13-5-7-15(19)8-6-13/h2-9,11H,10H2,1H3,(H,21,22,24). The Labute approximate surface area is 150 Å². The number of halogens is 2. The fraction of sp³-hybridized carbons (Fsp3) is 0.111. The lowest BCUT2D eigenvalue weighted by Crippen LogP contribution is -2.13. The molecule has 0 aliphatic carbocycles. The highest BCUT2D eigenvalue weighted by atomic mass is 35.5. The van der Waals surface area contributed by atoms with Gasteiger partial charge in [-0.15, -0.1) is 0 Å². The fourth-order valence-electron chi connectivity index (χ4n) is 2.31. The molecular formula is C18H15Cl2N3O. The van der Waals surface area contributed by atoms with Crippen molar-refractivity contribution >= 4 is 34.9 Å². The van der Waals surface area contributed by atoms with E-state index in [4.69, 9.17) is 23.2 Å². The Hall–Kier alpha value is -2.30. The number of rotatable bonds is 4. The molecule has 122 valence electrons. The number of aryl methyl sites for hydroxylation is 1. The van der Waals surface area contributed by atoms with E-state index in [0.717, 1.165) is 11.1 Å². The molecule has 0 aliphatic rings. The number of anilines is 1. The summed E-state index contributed by atoms with van der Waals surface area (Å²) in [6.07, 6.45) is 1.68. The van der Waals surface area contributed by atoms with Crippen LogP contribution in [0.2, 0.25) is 10.0 Å². The third-order valence-corrected chi connectivity index (χ3v) is 4.02. The van der Waals surface area contributed by atoms with Crippen molar-refractivity contribution in [1.82, 2.24) is 9.78 Å². The Balaban J connectivity index is 1.74. The lowest BCUT2D eigenvalue weighted by molar-refractivity contribution is 0.102. The smallest absolute Gasteiger partial charge is 0.256 e. The van der Waals surface area contributed by atoms with Gasteiger partial charge in [-0.05, 0) is 36.8 Å². The van der Waals surface area contributed by atoms with E-state index in [1.165, 1.54) is 0 Å². The van der Waals surface area contributed by atoms with E-state index in [1.807, 2.05) is 49.4 Å². The summed E-state index contributed by atoms with van der Waals surface area (Å²) in [5, 5.41) is 8.16. The highest BCUT2D eigenvalue weighted by Crippen LogP contribution is 2.21. The van der Waals surface area contributed by atoms with Crippen LogP contribution in [0.15, 0.2) is 54.7 Å². The number of nitrogens with zero attached hydrogens (tertiary/aromatic N) is 2. The zero-order valence-electron chi connectivity index (χ0n) is 13.0. The minimum absolute atomic E-state index is 0.239. The molecule has 3 aromatic rings. The van der Waals surface area contributed by atoms with Gasteiger partial charge in [-0.3, -0.25) is 9.48 Å². The van der Waals surface area contributed by atoms with Crippen LogP contribution in [0.4, 0.5) is 5.82 Å². The van der Waals surface area contributed by atoms with Gasteiger partial charge in [0, 0.05) is 16.8 Å². The van der Waals surface area contributed by atoms with Crippen LogP contribution in [0.3, 0.4) is 0 Å². The first-order chi connectivity index (χ1) is 11.5. The fourth-order valence-corrected chi connectivity index (χ4v) is 2.63. The summed E-state index contributed by atoms with van der Waals surface area (Å²) in [5.74, 6) is 0.106. The van der Waals surface area contributed by atoms with Gasteiger partial charge in [0.25, 0.3) is 5.91 Å². The van der Waals surface area contributed by atoms with Crippen molar-refractivity contribution in [3.8, 4) is 0 Å². The number of amides is 1. The Bertz CT molecular complexity index is 872. The van der Waals surface area contributed by atoms with Crippen LogP contribution in [-0.2, 0) is 6.54 Å². The van der Waals surface area contributed by atoms with Crippen molar-refractivity contribution in [2.75, 3.05) is 5.32 Å². The van der Waals surface area contributed by atoms with Gasteiger partial charge in [0.15, 0.2) is 5.82 Å². The van der Waals surface area contributed by atoms with Crippen molar-refractivity contribution in [1.29, 1.82) is 0 Å². The third-order valence-electron chi connectivity index (χ3n) is 3.49. The topological polar surface area (TPSA) is 46.9 Å². The number of carbonyl (C=O) groups is 1. The Morgan fingerprint density at radius 1 is 1.17 bits per heavy atom. The Morgan fingerprint density at radius 2 is 1.92 bits per heavy atom. The first kappa shape index (κ1) is 16.6. The van der Waals surface area contributed by atoms with Crippen molar-refractivity contribution in [2.24, 2.45) is 0 Å². The molecule has 0 atom stereocenters. The summed E-state index contributed by atoms with van der Waals surface area (Å²) in [4.78, 5) is 12.3. The molecule has 0 saturated heterocycles. The third kappa shape index (κ3) is 3.96.